The second kappa shape index (κ2) is 7.27. The molecule has 0 radical (unpaired) electrons. The SMILES string of the molecule is CC1CCCCN1CCCNC1=NCCCS1. The molecule has 2 rings (SSSR count). The van der Waals surface area contributed by atoms with Crippen molar-refractivity contribution in [2.45, 2.75) is 45.1 Å². The van der Waals surface area contributed by atoms with E-state index < -0.39 is 0 Å². The molecule has 0 aromatic heterocycles. The van der Waals surface area contributed by atoms with Crippen LogP contribution in [-0.2, 0) is 0 Å². The minimum Gasteiger partial charge on any atom is -0.365 e. The number of likely N-dealkylation sites (tertiary alicyclic amines) is 1. The fraction of sp³-hybridized carbons (Fsp3) is 0.923. The number of hydrogen-bond donors (Lipinski definition) is 1. The van der Waals surface area contributed by atoms with E-state index in [4.69, 9.17) is 0 Å². The molecule has 1 N–H and O–H groups in total. The highest BCUT2D eigenvalue weighted by Crippen LogP contribution is 2.16. The Morgan fingerprint density at radius 1 is 1.41 bits per heavy atom. The maximum atomic E-state index is 4.48. The zero-order valence-corrected chi connectivity index (χ0v) is 11.8. The van der Waals surface area contributed by atoms with Gasteiger partial charge in [-0.2, -0.15) is 0 Å². The van der Waals surface area contributed by atoms with E-state index >= 15 is 0 Å². The predicted octanol–water partition coefficient (Wildman–Crippen LogP) is 2.33. The Labute approximate surface area is 109 Å². The molecule has 0 bridgehead atoms. The van der Waals surface area contributed by atoms with Crippen LogP contribution in [0.2, 0.25) is 0 Å². The minimum atomic E-state index is 0.796. The largest absolute Gasteiger partial charge is 0.365 e. The van der Waals surface area contributed by atoms with Gasteiger partial charge in [-0.05, 0) is 39.2 Å². The van der Waals surface area contributed by atoms with E-state index in [1.165, 1.54) is 56.1 Å². The van der Waals surface area contributed by atoms with Gasteiger partial charge in [0.15, 0.2) is 5.17 Å². The van der Waals surface area contributed by atoms with E-state index in [1.807, 2.05) is 11.8 Å². The van der Waals surface area contributed by atoms with E-state index in [9.17, 15) is 0 Å². The lowest BCUT2D eigenvalue weighted by Gasteiger charge is -2.33. The summed E-state index contributed by atoms with van der Waals surface area (Å²) < 4.78 is 0. The van der Waals surface area contributed by atoms with Crippen molar-refractivity contribution >= 4 is 16.9 Å². The summed E-state index contributed by atoms with van der Waals surface area (Å²) >= 11 is 1.88. The monoisotopic (exact) mass is 255 g/mol. The number of hydrogen-bond acceptors (Lipinski definition) is 4. The number of nitrogens with zero attached hydrogens (tertiary/aromatic N) is 2. The molecule has 98 valence electrons. The third-order valence-electron chi connectivity index (χ3n) is 3.64. The van der Waals surface area contributed by atoms with Crippen LogP contribution in [0.1, 0.15) is 39.0 Å². The lowest BCUT2D eigenvalue weighted by molar-refractivity contribution is 0.159. The van der Waals surface area contributed by atoms with Crippen LogP contribution in [0.4, 0.5) is 0 Å². The van der Waals surface area contributed by atoms with Gasteiger partial charge in [-0.1, -0.05) is 18.2 Å². The van der Waals surface area contributed by atoms with Crippen molar-refractivity contribution in [1.29, 1.82) is 0 Å². The van der Waals surface area contributed by atoms with Crippen molar-refractivity contribution in [2.75, 3.05) is 31.9 Å². The Hall–Kier alpha value is -0.220. The van der Waals surface area contributed by atoms with Crippen LogP contribution in [0.3, 0.4) is 0 Å². The molecule has 0 aliphatic carbocycles. The molecule has 1 atom stereocenters. The molecule has 1 fully saturated rings. The number of rotatable bonds is 4. The predicted molar refractivity (Wildman–Crippen MR) is 76.9 cm³/mol. The number of aliphatic imine (C=N–C) groups is 1. The van der Waals surface area contributed by atoms with E-state index in [0.29, 0.717) is 0 Å². The van der Waals surface area contributed by atoms with Gasteiger partial charge in [0.1, 0.15) is 0 Å². The fourth-order valence-electron chi connectivity index (χ4n) is 2.53. The second-order valence-corrected chi connectivity index (χ2v) is 6.13. The molecule has 3 nitrogen and oxygen atoms in total. The highest BCUT2D eigenvalue weighted by atomic mass is 32.2. The van der Waals surface area contributed by atoms with Crippen molar-refractivity contribution in [1.82, 2.24) is 10.2 Å². The second-order valence-electron chi connectivity index (χ2n) is 5.05. The van der Waals surface area contributed by atoms with Gasteiger partial charge in [0.05, 0.1) is 0 Å². The summed E-state index contributed by atoms with van der Waals surface area (Å²) in [4.78, 5) is 7.12. The smallest absolute Gasteiger partial charge is 0.156 e. The third-order valence-corrected chi connectivity index (χ3v) is 4.68. The molecule has 1 unspecified atom stereocenters. The molecule has 0 aromatic rings. The van der Waals surface area contributed by atoms with Gasteiger partial charge >= 0.3 is 0 Å². The average molecular weight is 255 g/mol. The maximum absolute atomic E-state index is 4.48. The van der Waals surface area contributed by atoms with Crippen molar-refractivity contribution in [3.63, 3.8) is 0 Å². The Morgan fingerprint density at radius 3 is 3.12 bits per heavy atom. The molecule has 4 heteroatoms. The van der Waals surface area contributed by atoms with Gasteiger partial charge in [-0.15, -0.1) is 0 Å². The molecule has 2 aliphatic heterocycles. The molecule has 0 saturated carbocycles. The number of nitrogens with one attached hydrogen (secondary N) is 1. The van der Waals surface area contributed by atoms with Crippen LogP contribution in [0.5, 0.6) is 0 Å². The quantitative estimate of drug-likeness (QED) is 0.781. The van der Waals surface area contributed by atoms with Crippen LogP contribution in [-0.4, -0.2) is 48.0 Å². The summed E-state index contributed by atoms with van der Waals surface area (Å²) in [5, 5.41) is 4.63. The van der Waals surface area contributed by atoms with Gasteiger partial charge in [-0.3, -0.25) is 4.99 Å². The zero-order valence-electron chi connectivity index (χ0n) is 11.0. The topological polar surface area (TPSA) is 27.6 Å². The Bertz CT molecular complexity index is 255. The van der Waals surface area contributed by atoms with Crippen molar-refractivity contribution in [3.05, 3.63) is 0 Å². The van der Waals surface area contributed by atoms with Gasteiger partial charge in [0, 0.05) is 31.4 Å². The Balaban J connectivity index is 1.57. The van der Waals surface area contributed by atoms with Crippen LogP contribution < -0.4 is 5.32 Å². The number of piperidine rings is 1. The molecule has 0 aromatic carbocycles. The van der Waals surface area contributed by atoms with E-state index in [-0.39, 0.29) is 0 Å². The van der Waals surface area contributed by atoms with Gasteiger partial charge in [0.25, 0.3) is 0 Å². The molecule has 0 spiro atoms. The van der Waals surface area contributed by atoms with E-state index in [2.05, 4.69) is 22.1 Å². The van der Waals surface area contributed by atoms with Crippen LogP contribution in [0.25, 0.3) is 0 Å². The van der Waals surface area contributed by atoms with Crippen LogP contribution in [0, 0.1) is 0 Å². The van der Waals surface area contributed by atoms with Crippen molar-refractivity contribution in [2.24, 2.45) is 4.99 Å². The molecule has 17 heavy (non-hydrogen) atoms. The van der Waals surface area contributed by atoms with Crippen LogP contribution >= 0.6 is 11.8 Å². The molecule has 1 saturated heterocycles. The molecule has 0 amide bonds. The van der Waals surface area contributed by atoms with Crippen molar-refractivity contribution < 1.29 is 0 Å². The number of thioether (sulfide) groups is 1. The zero-order chi connectivity index (χ0) is 11.9. The lowest BCUT2D eigenvalue weighted by Crippen LogP contribution is -2.39. The summed E-state index contributed by atoms with van der Waals surface area (Å²) in [6, 6.07) is 0.796. The van der Waals surface area contributed by atoms with Gasteiger partial charge in [0.2, 0.25) is 0 Å². The first-order valence-electron chi connectivity index (χ1n) is 7.01. The molecule has 2 heterocycles. The summed E-state index contributed by atoms with van der Waals surface area (Å²) in [7, 11) is 0. The van der Waals surface area contributed by atoms with Gasteiger partial charge in [-0.25, -0.2) is 0 Å². The first-order valence-corrected chi connectivity index (χ1v) is 8.00. The minimum absolute atomic E-state index is 0.796. The Kier molecular flexibility index (Phi) is 5.65. The number of amidine groups is 1. The average Bonchev–Trinajstić information content (AvgIpc) is 2.38. The van der Waals surface area contributed by atoms with Crippen LogP contribution in [0.15, 0.2) is 4.99 Å². The summed E-state index contributed by atoms with van der Waals surface area (Å²) in [6.07, 6.45) is 6.67. The van der Waals surface area contributed by atoms with E-state index in [0.717, 1.165) is 19.1 Å². The normalized spacial score (nSPS) is 26.6. The molecular weight excluding hydrogens is 230 g/mol. The highest BCUT2D eigenvalue weighted by Gasteiger charge is 2.17. The molecular formula is C13H25N3S. The third kappa shape index (κ3) is 4.51. The maximum Gasteiger partial charge on any atom is 0.156 e. The van der Waals surface area contributed by atoms with Gasteiger partial charge < -0.3 is 10.2 Å². The summed E-state index contributed by atoms with van der Waals surface area (Å²) in [5.41, 5.74) is 0. The first kappa shape index (κ1) is 13.2. The Morgan fingerprint density at radius 2 is 2.35 bits per heavy atom. The fourth-order valence-corrected chi connectivity index (χ4v) is 3.39. The lowest BCUT2D eigenvalue weighted by atomic mass is 10.0. The molecule has 2 aliphatic rings. The standard InChI is InChI=1S/C13H25N3S/c1-12-6-2-3-9-16(12)10-4-7-14-13-15-8-5-11-17-13/h12H,2-11H2,1H3,(H,14,15). The first-order chi connectivity index (χ1) is 8.36. The summed E-state index contributed by atoms with van der Waals surface area (Å²) in [6.45, 7) is 7.00. The van der Waals surface area contributed by atoms with Crippen molar-refractivity contribution in [3.8, 4) is 0 Å². The summed E-state index contributed by atoms with van der Waals surface area (Å²) in [5.74, 6) is 1.23. The highest BCUT2D eigenvalue weighted by molar-refractivity contribution is 8.13. The van der Waals surface area contributed by atoms with E-state index in [1.54, 1.807) is 0 Å².